The van der Waals surface area contributed by atoms with E-state index in [2.05, 4.69) is 11.1 Å². The van der Waals surface area contributed by atoms with Gasteiger partial charge >= 0.3 is 0 Å². The van der Waals surface area contributed by atoms with Crippen molar-refractivity contribution in [3.05, 3.63) is 58.9 Å². The highest BCUT2D eigenvalue weighted by Crippen LogP contribution is 2.25. The Morgan fingerprint density at radius 2 is 1.96 bits per heavy atom. The molecule has 0 aliphatic rings. The van der Waals surface area contributed by atoms with Crippen molar-refractivity contribution >= 4 is 22.7 Å². The summed E-state index contributed by atoms with van der Waals surface area (Å²) in [6.07, 6.45) is 0. The second-order valence-corrected chi connectivity index (χ2v) is 6.68. The summed E-state index contributed by atoms with van der Waals surface area (Å²) in [5.41, 5.74) is 1.17. The molecule has 0 spiro atoms. The zero-order valence-corrected chi connectivity index (χ0v) is 14.8. The third-order valence-electron chi connectivity index (χ3n) is 3.61. The molecule has 5 nitrogen and oxygen atoms in total. The number of thioether (sulfide) groups is 1. The quantitative estimate of drug-likeness (QED) is 0.517. The van der Waals surface area contributed by atoms with Gasteiger partial charge in [0.1, 0.15) is 5.75 Å². The number of ether oxygens (including phenoxy) is 1. The molecule has 1 atom stereocenters. The summed E-state index contributed by atoms with van der Waals surface area (Å²) < 4.78 is 7.01. The van der Waals surface area contributed by atoms with Crippen LogP contribution in [0.1, 0.15) is 13.8 Å². The van der Waals surface area contributed by atoms with Crippen LogP contribution in [-0.4, -0.2) is 21.4 Å². The van der Waals surface area contributed by atoms with Crippen LogP contribution in [0.3, 0.4) is 0 Å². The Morgan fingerprint density at radius 1 is 1.24 bits per heavy atom. The summed E-state index contributed by atoms with van der Waals surface area (Å²) >= 11 is 1.27. The van der Waals surface area contributed by atoms with E-state index in [1.54, 1.807) is 23.6 Å². The number of nitrogens with zero attached hydrogens (tertiary/aromatic N) is 3. The average molecular weight is 351 g/mol. The normalized spacial score (nSPS) is 11.9. The van der Waals surface area contributed by atoms with Gasteiger partial charge in [0, 0.05) is 0 Å². The summed E-state index contributed by atoms with van der Waals surface area (Å²) in [4.78, 5) is 17.6. The van der Waals surface area contributed by atoms with Crippen molar-refractivity contribution in [2.75, 3.05) is 6.61 Å². The molecule has 0 aliphatic heterocycles. The van der Waals surface area contributed by atoms with Crippen LogP contribution < -0.4 is 10.3 Å². The minimum absolute atomic E-state index is 0.151. The fourth-order valence-corrected chi connectivity index (χ4v) is 3.28. The van der Waals surface area contributed by atoms with Crippen LogP contribution in [0.25, 0.3) is 16.6 Å². The molecule has 3 rings (SSSR count). The minimum atomic E-state index is -0.318. The maximum Gasteiger partial charge on any atom is 0.266 e. The van der Waals surface area contributed by atoms with Crippen molar-refractivity contribution in [3.8, 4) is 17.5 Å². The van der Waals surface area contributed by atoms with Gasteiger partial charge in [0.05, 0.1) is 34.5 Å². The summed E-state index contributed by atoms with van der Waals surface area (Å²) in [6, 6.07) is 16.7. The van der Waals surface area contributed by atoms with Crippen molar-refractivity contribution in [2.24, 2.45) is 0 Å². The molecule has 0 fully saturated rings. The Morgan fingerprint density at radius 3 is 2.64 bits per heavy atom. The van der Waals surface area contributed by atoms with Gasteiger partial charge < -0.3 is 4.74 Å². The van der Waals surface area contributed by atoms with E-state index in [1.165, 1.54) is 11.8 Å². The Hall–Kier alpha value is -2.78. The van der Waals surface area contributed by atoms with E-state index in [0.717, 1.165) is 5.75 Å². The van der Waals surface area contributed by atoms with Crippen molar-refractivity contribution in [2.45, 2.75) is 24.3 Å². The van der Waals surface area contributed by atoms with E-state index in [4.69, 9.17) is 10.00 Å². The van der Waals surface area contributed by atoms with Gasteiger partial charge in [-0.05, 0) is 50.2 Å². The highest BCUT2D eigenvalue weighted by Gasteiger charge is 2.15. The Kier molecular flexibility index (Phi) is 5.05. The molecule has 0 saturated carbocycles. The third kappa shape index (κ3) is 3.52. The summed E-state index contributed by atoms with van der Waals surface area (Å²) in [7, 11) is 0. The van der Waals surface area contributed by atoms with Crippen LogP contribution in [0.15, 0.2) is 58.5 Å². The number of fused-ring (bicyclic) bond motifs is 1. The van der Waals surface area contributed by atoms with Gasteiger partial charge in [-0.2, -0.15) is 5.26 Å². The van der Waals surface area contributed by atoms with Gasteiger partial charge in [0.2, 0.25) is 0 Å². The first-order valence-electron chi connectivity index (χ1n) is 7.95. The lowest BCUT2D eigenvalue weighted by molar-refractivity contribution is 0.340. The lowest BCUT2D eigenvalue weighted by Crippen LogP contribution is -2.22. The molecule has 0 aliphatic carbocycles. The number of hydrogen-bond donors (Lipinski definition) is 0. The molecule has 0 amide bonds. The fourth-order valence-electron chi connectivity index (χ4n) is 2.46. The minimum Gasteiger partial charge on any atom is -0.494 e. The van der Waals surface area contributed by atoms with Crippen molar-refractivity contribution < 1.29 is 4.74 Å². The monoisotopic (exact) mass is 351 g/mol. The number of rotatable bonds is 5. The predicted molar refractivity (Wildman–Crippen MR) is 99.4 cm³/mol. The van der Waals surface area contributed by atoms with Crippen LogP contribution >= 0.6 is 11.8 Å². The molecule has 0 saturated heterocycles. The SMILES string of the molecule is CCOc1ccc(-n2c(SC(C)C#N)nc3ccccc3c2=O)cc1. The summed E-state index contributed by atoms with van der Waals surface area (Å²) in [5, 5.41) is 9.86. The Balaban J connectivity index is 2.20. The van der Waals surface area contributed by atoms with Gasteiger partial charge in [-0.1, -0.05) is 23.9 Å². The molecular formula is C19H17N3O2S. The van der Waals surface area contributed by atoms with Crippen molar-refractivity contribution in [1.82, 2.24) is 9.55 Å². The molecule has 0 N–H and O–H groups in total. The highest BCUT2D eigenvalue weighted by atomic mass is 32.2. The van der Waals surface area contributed by atoms with E-state index < -0.39 is 0 Å². The van der Waals surface area contributed by atoms with E-state index in [1.807, 2.05) is 43.3 Å². The first-order chi connectivity index (χ1) is 12.1. The van der Waals surface area contributed by atoms with Crippen LogP contribution in [0.5, 0.6) is 5.75 Å². The van der Waals surface area contributed by atoms with Gasteiger partial charge in [0.25, 0.3) is 5.56 Å². The zero-order chi connectivity index (χ0) is 17.8. The number of aromatic nitrogens is 2. The van der Waals surface area contributed by atoms with Crippen molar-refractivity contribution in [1.29, 1.82) is 5.26 Å². The highest BCUT2D eigenvalue weighted by molar-refractivity contribution is 8.00. The number of nitriles is 1. The first kappa shape index (κ1) is 17.1. The van der Waals surface area contributed by atoms with E-state index in [0.29, 0.717) is 28.4 Å². The maximum atomic E-state index is 13.0. The predicted octanol–water partition coefficient (Wildman–Crippen LogP) is 3.79. The number of para-hydroxylation sites is 1. The second kappa shape index (κ2) is 7.41. The molecule has 0 radical (unpaired) electrons. The molecule has 0 bridgehead atoms. The largest absolute Gasteiger partial charge is 0.494 e. The van der Waals surface area contributed by atoms with Gasteiger partial charge in [-0.3, -0.25) is 9.36 Å². The molecule has 25 heavy (non-hydrogen) atoms. The van der Waals surface area contributed by atoms with Crippen LogP contribution in [0.2, 0.25) is 0 Å². The lowest BCUT2D eigenvalue weighted by atomic mass is 10.2. The summed E-state index contributed by atoms with van der Waals surface area (Å²) in [5.74, 6) is 0.743. The van der Waals surface area contributed by atoms with E-state index in [9.17, 15) is 4.79 Å². The molecule has 3 aromatic rings. The number of hydrogen-bond acceptors (Lipinski definition) is 5. The third-order valence-corrected chi connectivity index (χ3v) is 4.56. The van der Waals surface area contributed by atoms with Crippen LogP contribution in [-0.2, 0) is 0 Å². The van der Waals surface area contributed by atoms with E-state index >= 15 is 0 Å². The Bertz CT molecular complexity index is 990. The summed E-state index contributed by atoms with van der Waals surface area (Å²) in [6.45, 7) is 4.29. The van der Waals surface area contributed by atoms with Gasteiger partial charge in [-0.25, -0.2) is 4.98 Å². The molecule has 2 aromatic carbocycles. The molecule has 1 aromatic heterocycles. The van der Waals surface area contributed by atoms with Crippen molar-refractivity contribution in [3.63, 3.8) is 0 Å². The first-order valence-corrected chi connectivity index (χ1v) is 8.83. The molecule has 1 unspecified atom stereocenters. The van der Waals surface area contributed by atoms with Crippen LogP contribution in [0, 0.1) is 11.3 Å². The van der Waals surface area contributed by atoms with E-state index in [-0.39, 0.29) is 10.8 Å². The average Bonchev–Trinajstić information content (AvgIpc) is 2.63. The molecule has 1 heterocycles. The lowest BCUT2D eigenvalue weighted by Gasteiger charge is -2.14. The van der Waals surface area contributed by atoms with Crippen LogP contribution in [0.4, 0.5) is 0 Å². The van der Waals surface area contributed by atoms with Gasteiger partial charge in [-0.15, -0.1) is 0 Å². The smallest absolute Gasteiger partial charge is 0.266 e. The zero-order valence-electron chi connectivity index (χ0n) is 14.0. The second-order valence-electron chi connectivity index (χ2n) is 5.37. The number of benzene rings is 2. The molecule has 6 heteroatoms. The maximum absolute atomic E-state index is 13.0. The molecule has 126 valence electrons. The Labute approximate surface area is 149 Å². The topological polar surface area (TPSA) is 67.9 Å². The standard InChI is InChI=1S/C19H17N3O2S/c1-3-24-15-10-8-14(9-11-15)22-18(23)16-6-4-5-7-17(16)21-19(22)25-13(2)12-20/h4-11,13H,3H2,1-2H3. The van der Waals surface area contributed by atoms with Gasteiger partial charge in [0.15, 0.2) is 5.16 Å². The fraction of sp³-hybridized carbons (Fsp3) is 0.211. The molecular weight excluding hydrogens is 334 g/mol.